The molecule has 0 unspecified atom stereocenters. The number of benzene rings is 4. The summed E-state index contributed by atoms with van der Waals surface area (Å²) >= 11 is 0. The number of furan rings is 1. The summed E-state index contributed by atoms with van der Waals surface area (Å²) in [5.41, 5.74) is 9.22. The van der Waals surface area contributed by atoms with Crippen molar-refractivity contribution in [1.82, 2.24) is 0 Å². The Morgan fingerprint density at radius 1 is 0.581 bits per heavy atom. The molecule has 0 atom stereocenters. The molecule has 1 heteroatoms. The van der Waals surface area contributed by atoms with Crippen LogP contribution in [0.3, 0.4) is 0 Å². The van der Waals surface area contributed by atoms with Gasteiger partial charge in [0, 0.05) is 16.3 Å². The van der Waals surface area contributed by atoms with E-state index in [2.05, 4.69) is 97.1 Å². The quantitative estimate of drug-likeness (QED) is 0.296. The van der Waals surface area contributed by atoms with Crippen molar-refractivity contribution in [1.29, 1.82) is 0 Å². The molecule has 0 saturated carbocycles. The van der Waals surface area contributed by atoms with E-state index in [1.54, 1.807) is 0 Å². The molecule has 1 nitrogen and oxygen atoms in total. The van der Waals surface area contributed by atoms with E-state index in [9.17, 15) is 0 Å². The second-order valence-corrected chi connectivity index (χ2v) is 8.08. The minimum Gasteiger partial charge on any atom is -0.455 e. The van der Waals surface area contributed by atoms with Crippen molar-refractivity contribution in [2.24, 2.45) is 0 Å². The van der Waals surface area contributed by atoms with E-state index in [0.29, 0.717) is 0 Å². The third-order valence-electron chi connectivity index (χ3n) is 6.10. The third-order valence-corrected chi connectivity index (χ3v) is 6.10. The van der Waals surface area contributed by atoms with Crippen LogP contribution < -0.4 is 0 Å². The van der Waals surface area contributed by atoms with Crippen LogP contribution in [0.15, 0.2) is 114 Å². The summed E-state index contributed by atoms with van der Waals surface area (Å²) < 4.78 is 6.27. The van der Waals surface area contributed by atoms with E-state index in [0.717, 1.165) is 40.3 Å². The summed E-state index contributed by atoms with van der Waals surface area (Å²) in [6, 6.07) is 32.3. The van der Waals surface area contributed by atoms with Crippen LogP contribution in [0.25, 0.3) is 49.8 Å². The van der Waals surface area contributed by atoms with Crippen molar-refractivity contribution < 1.29 is 4.42 Å². The third kappa shape index (κ3) is 3.19. The lowest BCUT2D eigenvalue weighted by molar-refractivity contribution is 0.670. The van der Waals surface area contributed by atoms with Crippen molar-refractivity contribution in [3.05, 3.63) is 115 Å². The lowest BCUT2D eigenvalue weighted by Gasteiger charge is -2.11. The molecule has 0 bridgehead atoms. The maximum atomic E-state index is 6.27. The van der Waals surface area contributed by atoms with Gasteiger partial charge in [0.15, 0.2) is 0 Å². The Balaban J connectivity index is 1.46. The van der Waals surface area contributed by atoms with E-state index < -0.39 is 0 Å². The number of fused-ring (bicyclic) bond motifs is 3. The summed E-state index contributed by atoms with van der Waals surface area (Å²) in [6.07, 6.45) is 9.08. The predicted octanol–water partition coefficient (Wildman–Crippen LogP) is 8.65. The van der Waals surface area contributed by atoms with Gasteiger partial charge in [0.1, 0.15) is 11.2 Å². The average molecular weight is 399 g/mol. The standard InChI is InChI=1S/C30H22O/c1-2-9-21(10-3-1)22-11-6-12-23(19-22)24-13-7-14-25(20-24)26-16-8-17-28-27-15-4-5-18-29(27)31-30(26)28/h2,4-20H,1,3H2. The molecular formula is C30H22O. The van der Waals surface area contributed by atoms with Crippen molar-refractivity contribution >= 4 is 27.5 Å². The number of hydrogen-bond acceptors (Lipinski definition) is 1. The first-order valence-corrected chi connectivity index (χ1v) is 10.8. The molecule has 0 spiro atoms. The molecule has 5 aromatic rings. The number of hydrogen-bond donors (Lipinski definition) is 0. The highest BCUT2D eigenvalue weighted by atomic mass is 16.3. The monoisotopic (exact) mass is 398 g/mol. The number of allylic oxidation sites excluding steroid dienone is 4. The normalized spacial score (nSPS) is 13.6. The van der Waals surface area contributed by atoms with Crippen LogP contribution in [0.5, 0.6) is 0 Å². The Hall–Kier alpha value is -3.84. The molecule has 0 amide bonds. The highest BCUT2D eigenvalue weighted by Crippen LogP contribution is 2.37. The van der Waals surface area contributed by atoms with E-state index >= 15 is 0 Å². The molecule has 31 heavy (non-hydrogen) atoms. The molecule has 148 valence electrons. The molecular weight excluding hydrogens is 376 g/mol. The van der Waals surface area contributed by atoms with Gasteiger partial charge >= 0.3 is 0 Å². The van der Waals surface area contributed by atoms with E-state index in [1.807, 2.05) is 12.1 Å². The zero-order valence-electron chi connectivity index (χ0n) is 17.2. The van der Waals surface area contributed by atoms with Crippen molar-refractivity contribution in [2.75, 3.05) is 0 Å². The minimum absolute atomic E-state index is 0.933. The van der Waals surface area contributed by atoms with Gasteiger partial charge in [0.2, 0.25) is 0 Å². The zero-order valence-corrected chi connectivity index (χ0v) is 17.2. The van der Waals surface area contributed by atoms with Crippen LogP contribution in [-0.4, -0.2) is 0 Å². The highest BCUT2D eigenvalue weighted by molar-refractivity contribution is 6.09. The summed E-state index contributed by atoms with van der Waals surface area (Å²) in [7, 11) is 0. The first-order chi connectivity index (χ1) is 15.4. The van der Waals surface area contributed by atoms with Gasteiger partial charge < -0.3 is 4.42 Å². The van der Waals surface area contributed by atoms with Crippen LogP contribution in [-0.2, 0) is 0 Å². The van der Waals surface area contributed by atoms with Gasteiger partial charge in [-0.05, 0) is 58.9 Å². The van der Waals surface area contributed by atoms with E-state index in [4.69, 9.17) is 4.42 Å². The van der Waals surface area contributed by atoms with Crippen LogP contribution in [0.1, 0.15) is 18.4 Å². The molecule has 0 aliphatic heterocycles. The van der Waals surface area contributed by atoms with Gasteiger partial charge in [-0.2, -0.15) is 0 Å². The highest BCUT2D eigenvalue weighted by Gasteiger charge is 2.12. The molecule has 1 aromatic heterocycles. The smallest absolute Gasteiger partial charge is 0.143 e. The predicted molar refractivity (Wildman–Crippen MR) is 131 cm³/mol. The molecule has 1 aliphatic carbocycles. The first kappa shape index (κ1) is 18.0. The second-order valence-electron chi connectivity index (χ2n) is 8.08. The SMILES string of the molecule is C1=CC(c2cccc(-c3cccc(-c4cccc5c4oc4ccccc45)c3)c2)=CCC1. The van der Waals surface area contributed by atoms with E-state index in [1.165, 1.54) is 27.8 Å². The molecule has 6 rings (SSSR count). The largest absolute Gasteiger partial charge is 0.455 e. The lowest BCUT2D eigenvalue weighted by Crippen LogP contribution is -1.88. The van der Waals surface area contributed by atoms with Crippen LogP contribution in [0, 0.1) is 0 Å². The van der Waals surface area contributed by atoms with Gasteiger partial charge in [0.05, 0.1) is 0 Å². The fourth-order valence-electron chi connectivity index (χ4n) is 4.55. The maximum absolute atomic E-state index is 6.27. The Morgan fingerprint density at radius 2 is 1.29 bits per heavy atom. The number of rotatable bonds is 3. The second kappa shape index (κ2) is 7.45. The maximum Gasteiger partial charge on any atom is 0.143 e. The molecule has 1 heterocycles. The number of para-hydroxylation sites is 2. The average Bonchev–Trinajstić information content (AvgIpc) is 3.24. The van der Waals surface area contributed by atoms with Crippen LogP contribution in [0.2, 0.25) is 0 Å². The van der Waals surface area contributed by atoms with Gasteiger partial charge in [-0.25, -0.2) is 0 Å². The molecule has 0 saturated heterocycles. The Bertz CT molecular complexity index is 1480. The fourth-order valence-corrected chi connectivity index (χ4v) is 4.55. The van der Waals surface area contributed by atoms with Gasteiger partial charge in [0.25, 0.3) is 0 Å². The molecule has 4 aromatic carbocycles. The minimum atomic E-state index is 0.933. The summed E-state index contributed by atoms with van der Waals surface area (Å²) in [4.78, 5) is 0. The molecule has 0 N–H and O–H groups in total. The van der Waals surface area contributed by atoms with Crippen LogP contribution in [0.4, 0.5) is 0 Å². The van der Waals surface area contributed by atoms with Gasteiger partial charge in [-0.1, -0.05) is 91.0 Å². The van der Waals surface area contributed by atoms with E-state index in [-0.39, 0.29) is 0 Å². The molecule has 0 radical (unpaired) electrons. The Morgan fingerprint density at radius 3 is 2.13 bits per heavy atom. The summed E-state index contributed by atoms with van der Waals surface area (Å²) in [5.74, 6) is 0. The Kier molecular flexibility index (Phi) is 4.32. The summed E-state index contributed by atoms with van der Waals surface area (Å²) in [5, 5.41) is 2.33. The van der Waals surface area contributed by atoms with Gasteiger partial charge in [-0.15, -0.1) is 0 Å². The van der Waals surface area contributed by atoms with Crippen molar-refractivity contribution in [2.45, 2.75) is 12.8 Å². The Labute approximate surface area is 182 Å². The van der Waals surface area contributed by atoms with Crippen molar-refractivity contribution in [3.63, 3.8) is 0 Å². The first-order valence-electron chi connectivity index (χ1n) is 10.8. The van der Waals surface area contributed by atoms with Crippen molar-refractivity contribution in [3.8, 4) is 22.3 Å². The zero-order chi connectivity index (χ0) is 20.6. The fraction of sp³-hybridized carbons (Fsp3) is 0.0667. The van der Waals surface area contributed by atoms with Gasteiger partial charge in [-0.3, -0.25) is 0 Å². The molecule has 1 aliphatic rings. The molecule has 0 fully saturated rings. The summed E-state index contributed by atoms with van der Waals surface area (Å²) in [6.45, 7) is 0. The van der Waals surface area contributed by atoms with Crippen LogP contribution >= 0.6 is 0 Å². The topological polar surface area (TPSA) is 13.1 Å². The lowest BCUT2D eigenvalue weighted by atomic mass is 9.94.